The Labute approximate surface area is 204 Å². The number of nitrogens with two attached hydrogens (primary N) is 1. The summed E-state index contributed by atoms with van der Waals surface area (Å²) in [5, 5.41) is 12.0. The van der Waals surface area contributed by atoms with Crippen LogP contribution in [0.2, 0.25) is 0 Å². The van der Waals surface area contributed by atoms with Crippen LogP contribution in [0.25, 0.3) is 16.9 Å². The van der Waals surface area contributed by atoms with Gasteiger partial charge in [0.25, 0.3) is 0 Å². The average molecular weight is 481 g/mol. The van der Waals surface area contributed by atoms with E-state index in [1.807, 2.05) is 28.9 Å². The number of aromatic carboxylic acids is 1. The van der Waals surface area contributed by atoms with Crippen LogP contribution in [0.1, 0.15) is 62.4 Å². The SMILES string of the molecule is CC(C)(C)OC(=O)C(N)CCCCC(=O)NCc1cccn2cc(-c3ccc(C(=O)O)cc3)nc12. The molecule has 3 rings (SSSR count). The lowest BCUT2D eigenvalue weighted by atomic mass is 10.1. The highest BCUT2D eigenvalue weighted by Gasteiger charge is 2.21. The van der Waals surface area contributed by atoms with E-state index in [0.29, 0.717) is 43.6 Å². The quantitative estimate of drug-likeness (QED) is 0.298. The maximum Gasteiger partial charge on any atom is 0.335 e. The molecule has 2 heterocycles. The first kappa shape index (κ1) is 25.9. The van der Waals surface area contributed by atoms with E-state index in [1.165, 1.54) is 0 Å². The van der Waals surface area contributed by atoms with Crippen LogP contribution in [0.3, 0.4) is 0 Å². The molecule has 4 N–H and O–H groups in total. The third kappa shape index (κ3) is 7.38. The fraction of sp³-hybridized carbons (Fsp3) is 0.385. The molecule has 0 radical (unpaired) electrons. The molecule has 0 saturated carbocycles. The lowest BCUT2D eigenvalue weighted by Crippen LogP contribution is -2.37. The Bertz CT molecular complexity index is 1190. The molecular formula is C26H32N4O5. The molecule has 2 aromatic heterocycles. The Hall–Kier alpha value is -3.72. The number of unbranched alkanes of at least 4 members (excludes halogenated alkanes) is 1. The maximum absolute atomic E-state index is 12.3. The molecule has 0 fully saturated rings. The van der Waals surface area contributed by atoms with E-state index in [4.69, 9.17) is 15.6 Å². The highest BCUT2D eigenvalue weighted by molar-refractivity contribution is 5.88. The van der Waals surface area contributed by atoms with Gasteiger partial charge in [0.1, 0.15) is 17.3 Å². The summed E-state index contributed by atoms with van der Waals surface area (Å²) in [4.78, 5) is 40.0. The van der Waals surface area contributed by atoms with Crippen molar-refractivity contribution >= 4 is 23.5 Å². The minimum absolute atomic E-state index is 0.0890. The number of ether oxygens (including phenoxy) is 1. The predicted molar refractivity (Wildman–Crippen MR) is 132 cm³/mol. The molecule has 0 saturated heterocycles. The van der Waals surface area contributed by atoms with Gasteiger partial charge in [-0.25, -0.2) is 9.78 Å². The van der Waals surface area contributed by atoms with Gasteiger partial charge < -0.3 is 25.3 Å². The maximum atomic E-state index is 12.3. The highest BCUT2D eigenvalue weighted by Crippen LogP contribution is 2.21. The predicted octanol–water partition coefficient (Wildman–Crippen LogP) is 3.55. The molecule has 1 aromatic carbocycles. The fourth-order valence-corrected chi connectivity index (χ4v) is 3.56. The summed E-state index contributed by atoms with van der Waals surface area (Å²) in [5.74, 6) is -1.49. The van der Waals surface area contributed by atoms with Crippen molar-refractivity contribution in [2.75, 3.05) is 0 Å². The topological polar surface area (TPSA) is 136 Å². The number of esters is 1. The Morgan fingerprint density at radius 3 is 2.51 bits per heavy atom. The molecule has 1 atom stereocenters. The van der Waals surface area contributed by atoms with E-state index in [0.717, 1.165) is 11.1 Å². The van der Waals surface area contributed by atoms with Crippen molar-refractivity contribution in [1.82, 2.24) is 14.7 Å². The summed E-state index contributed by atoms with van der Waals surface area (Å²) in [6.07, 6.45) is 5.80. The van der Waals surface area contributed by atoms with Crippen LogP contribution in [0.4, 0.5) is 0 Å². The first-order chi connectivity index (χ1) is 16.5. The zero-order valence-electron chi connectivity index (χ0n) is 20.3. The van der Waals surface area contributed by atoms with Crippen molar-refractivity contribution < 1.29 is 24.2 Å². The van der Waals surface area contributed by atoms with Gasteiger partial charge >= 0.3 is 11.9 Å². The molecule has 0 aliphatic heterocycles. The van der Waals surface area contributed by atoms with Crippen LogP contribution in [-0.4, -0.2) is 44.0 Å². The Morgan fingerprint density at radius 1 is 1.14 bits per heavy atom. The van der Waals surface area contributed by atoms with Crippen LogP contribution in [0.15, 0.2) is 48.8 Å². The number of carboxylic acid groups (broad SMARTS) is 1. The third-order valence-electron chi connectivity index (χ3n) is 5.35. The second kappa shape index (κ2) is 11.1. The molecule has 35 heavy (non-hydrogen) atoms. The van der Waals surface area contributed by atoms with Gasteiger partial charge in [0, 0.05) is 36.5 Å². The number of benzene rings is 1. The van der Waals surface area contributed by atoms with Gasteiger partial charge in [0.05, 0.1) is 11.3 Å². The lowest BCUT2D eigenvalue weighted by molar-refractivity contribution is -0.156. The average Bonchev–Trinajstić information content (AvgIpc) is 3.24. The fourth-order valence-electron chi connectivity index (χ4n) is 3.56. The second-order valence-electron chi connectivity index (χ2n) is 9.44. The van der Waals surface area contributed by atoms with Gasteiger partial charge in [-0.05, 0) is 51.8 Å². The van der Waals surface area contributed by atoms with E-state index >= 15 is 0 Å². The first-order valence-corrected chi connectivity index (χ1v) is 11.6. The van der Waals surface area contributed by atoms with Gasteiger partial charge in [-0.1, -0.05) is 24.6 Å². The normalized spacial score (nSPS) is 12.3. The summed E-state index contributed by atoms with van der Waals surface area (Å²) >= 11 is 0. The Morgan fingerprint density at radius 2 is 1.86 bits per heavy atom. The number of hydrogen-bond donors (Lipinski definition) is 3. The summed E-state index contributed by atoms with van der Waals surface area (Å²) in [7, 11) is 0. The standard InChI is InChI=1S/C26H32N4O5/c1-26(2,3)35-25(34)20(27)8-4-5-9-22(31)28-15-19-7-6-14-30-16-21(29-23(19)30)17-10-12-18(13-11-17)24(32)33/h6-7,10-14,16,20H,4-5,8-9,15,27H2,1-3H3,(H,28,31)(H,32,33). The van der Waals surface area contributed by atoms with Crippen LogP contribution >= 0.6 is 0 Å². The number of rotatable bonds is 10. The van der Waals surface area contributed by atoms with Crippen molar-refractivity contribution in [2.45, 2.75) is 64.6 Å². The molecule has 3 aromatic rings. The molecule has 1 amide bonds. The van der Waals surface area contributed by atoms with E-state index in [2.05, 4.69) is 10.3 Å². The van der Waals surface area contributed by atoms with Gasteiger partial charge in [0.2, 0.25) is 5.91 Å². The summed E-state index contributed by atoms with van der Waals surface area (Å²) in [6, 6.07) is 9.63. The number of hydrogen-bond acceptors (Lipinski definition) is 6. The molecule has 9 nitrogen and oxygen atoms in total. The number of pyridine rings is 1. The van der Waals surface area contributed by atoms with Gasteiger partial charge in [-0.3, -0.25) is 9.59 Å². The number of carbonyl (C=O) groups excluding carboxylic acids is 2. The molecule has 0 spiro atoms. The number of amides is 1. The van der Waals surface area contributed by atoms with E-state index < -0.39 is 23.6 Å². The Kier molecular flexibility index (Phi) is 8.24. The van der Waals surface area contributed by atoms with Crippen molar-refractivity contribution in [3.8, 4) is 11.3 Å². The third-order valence-corrected chi connectivity index (χ3v) is 5.35. The molecule has 0 bridgehead atoms. The number of nitrogens with zero attached hydrogens (tertiary/aromatic N) is 2. The lowest BCUT2D eigenvalue weighted by Gasteiger charge is -2.22. The van der Waals surface area contributed by atoms with Crippen LogP contribution in [0, 0.1) is 0 Å². The molecule has 0 aliphatic rings. The Balaban J connectivity index is 1.51. The number of imidazole rings is 1. The van der Waals surface area contributed by atoms with Gasteiger partial charge in [-0.15, -0.1) is 0 Å². The van der Waals surface area contributed by atoms with Crippen molar-refractivity contribution in [3.63, 3.8) is 0 Å². The zero-order chi connectivity index (χ0) is 25.6. The van der Waals surface area contributed by atoms with E-state index in [-0.39, 0.29) is 11.5 Å². The largest absolute Gasteiger partial charge is 0.478 e. The smallest absolute Gasteiger partial charge is 0.335 e. The van der Waals surface area contributed by atoms with Crippen LogP contribution < -0.4 is 11.1 Å². The zero-order valence-corrected chi connectivity index (χ0v) is 20.3. The molecule has 186 valence electrons. The van der Waals surface area contributed by atoms with E-state index in [1.54, 1.807) is 45.0 Å². The van der Waals surface area contributed by atoms with E-state index in [9.17, 15) is 14.4 Å². The number of carbonyl (C=O) groups is 3. The molecular weight excluding hydrogens is 448 g/mol. The molecule has 0 aliphatic carbocycles. The first-order valence-electron chi connectivity index (χ1n) is 11.6. The molecule has 9 heteroatoms. The van der Waals surface area contributed by atoms with Crippen LogP contribution in [0.5, 0.6) is 0 Å². The number of nitrogens with one attached hydrogen (secondary N) is 1. The summed E-state index contributed by atoms with van der Waals surface area (Å²) in [5.41, 5.74) is 8.62. The minimum atomic E-state index is -0.976. The van der Waals surface area contributed by atoms with Crippen LogP contribution in [-0.2, 0) is 20.9 Å². The van der Waals surface area contributed by atoms with Crippen molar-refractivity contribution in [2.24, 2.45) is 5.73 Å². The molecule has 1 unspecified atom stereocenters. The van der Waals surface area contributed by atoms with Crippen molar-refractivity contribution in [3.05, 3.63) is 59.9 Å². The second-order valence-corrected chi connectivity index (χ2v) is 9.44. The number of carboxylic acids is 1. The minimum Gasteiger partial charge on any atom is -0.478 e. The van der Waals surface area contributed by atoms with Gasteiger partial charge in [-0.2, -0.15) is 0 Å². The van der Waals surface area contributed by atoms with Gasteiger partial charge in [0.15, 0.2) is 0 Å². The summed E-state index contributed by atoms with van der Waals surface area (Å²) in [6.45, 7) is 5.72. The monoisotopic (exact) mass is 480 g/mol. The number of aromatic nitrogens is 2. The van der Waals surface area contributed by atoms with Crippen molar-refractivity contribution in [1.29, 1.82) is 0 Å². The highest BCUT2D eigenvalue weighted by atomic mass is 16.6. The number of fused-ring (bicyclic) bond motifs is 1. The summed E-state index contributed by atoms with van der Waals surface area (Å²) < 4.78 is 7.15.